The van der Waals surface area contributed by atoms with Crippen molar-refractivity contribution in [3.63, 3.8) is 0 Å². The van der Waals surface area contributed by atoms with Crippen molar-refractivity contribution >= 4 is 11.6 Å². The molecule has 2 aromatic heterocycles. The summed E-state index contributed by atoms with van der Waals surface area (Å²) < 4.78 is 8.00. The molecule has 24 heavy (non-hydrogen) atoms. The summed E-state index contributed by atoms with van der Waals surface area (Å²) in [4.78, 5) is 8.64. The van der Waals surface area contributed by atoms with E-state index < -0.39 is 0 Å². The lowest BCUT2D eigenvalue weighted by atomic mass is 9.95. The highest BCUT2D eigenvalue weighted by Crippen LogP contribution is 2.34. The van der Waals surface area contributed by atoms with Crippen LogP contribution in [0.3, 0.4) is 0 Å². The van der Waals surface area contributed by atoms with Crippen molar-refractivity contribution in [1.29, 1.82) is 0 Å². The van der Waals surface area contributed by atoms with Crippen LogP contribution in [0.2, 0.25) is 5.02 Å². The Morgan fingerprint density at radius 1 is 1.08 bits per heavy atom. The number of benzene rings is 1. The molecule has 3 aromatic rings. The first kappa shape index (κ1) is 15.4. The molecule has 122 valence electrons. The van der Waals surface area contributed by atoms with E-state index in [-0.39, 0.29) is 6.04 Å². The minimum Gasteiger partial charge on any atom is -0.379 e. The molecule has 0 aliphatic carbocycles. The first-order chi connectivity index (χ1) is 11.8. The Balaban J connectivity index is 1.64. The average Bonchev–Trinajstić information content (AvgIpc) is 3.25. The Morgan fingerprint density at radius 2 is 1.92 bits per heavy atom. The van der Waals surface area contributed by atoms with Gasteiger partial charge in [-0.1, -0.05) is 23.7 Å². The highest BCUT2D eigenvalue weighted by molar-refractivity contribution is 6.33. The number of pyridine rings is 1. The number of nitrogens with zero attached hydrogens (tertiary/aromatic N) is 3. The van der Waals surface area contributed by atoms with Crippen LogP contribution >= 0.6 is 11.6 Å². The number of rotatable bonds is 4. The van der Waals surface area contributed by atoms with Crippen LogP contribution in [-0.4, -0.2) is 27.7 Å². The fraction of sp³-hybridized carbons (Fsp3) is 0.263. The maximum absolute atomic E-state index is 6.37. The van der Waals surface area contributed by atoms with Crippen LogP contribution in [0, 0.1) is 5.92 Å². The van der Waals surface area contributed by atoms with E-state index in [1.807, 2.05) is 49.1 Å². The van der Waals surface area contributed by atoms with E-state index in [1.165, 1.54) is 5.56 Å². The SMILES string of the molecule is Clc1ccccc1-c1nccn1[C@@H]1COC[C@H]1Cc1ccncc1. The highest BCUT2D eigenvalue weighted by atomic mass is 35.5. The lowest BCUT2D eigenvalue weighted by Gasteiger charge is -2.21. The minimum atomic E-state index is 0.256. The fourth-order valence-corrected chi connectivity index (χ4v) is 3.56. The van der Waals surface area contributed by atoms with Gasteiger partial charge in [-0.3, -0.25) is 4.98 Å². The molecule has 3 heterocycles. The van der Waals surface area contributed by atoms with E-state index in [9.17, 15) is 0 Å². The van der Waals surface area contributed by atoms with E-state index in [0.29, 0.717) is 12.5 Å². The zero-order valence-electron chi connectivity index (χ0n) is 13.2. The monoisotopic (exact) mass is 339 g/mol. The first-order valence-electron chi connectivity index (χ1n) is 8.07. The molecule has 0 unspecified atom stereocenters. The minimum absolute atomic E-state index is 0.256. The number of hydrogen-bond acceptors (Lipinski definition) is 3. The lowest BCUT2D eigenvalue weighted by Crippen LogP contribution is -2.20. The number of imidazole rings is 1. The van der Waals surface area contributed by atoms with E-state index in [2.05, 4.69) is 26.7 Å². The second-order valence-corrected chi connectivity index (χ2v) is 6.47. The number of ether oxygens (including phenoxy) is 1. The quantitative estimate of drug-likeness (QED) is 0.720. The summed E-state index contributed by atoms with van der Waals surface area (Å²) in [6.45, 7) is 1.46. The lowest BCUT2D eigenvalue weighted by molar-refractivity contribution is 0.181. The predicted octanol–water partition coefficient (Wildman–Crippen LogP) is 4.03. The Morgan fingerprint density at radius 3 is 2.75 bits per heavy atom. The molecule has 0 amide bonds. The summed E-state index contributed by atoms with van der Waals surface area (Å²) in [6.07, 6.45) is 8.50. The number of aromatic nitrogens is 3. The van der Waals surface area contributed by atoms with Gasteiger partial charge in [0.25, 0.3) is 0 Å². The van der Waals surface area contributed by atoms with Crippen LogP contribution in [0.4, 0.5) is 0 Å². The molecule has 2 atom stereocenters. The second-order valence-electron chi connectivity index (χ2n) is 6.06. The van der Waals surface area contributed by atoms with E-state index in [4.69, 9.17) is 16.3 Å². The topological polar surface area (TPSA) is 39.9 Å². The smallest absolute Gasteiger partial charge is 0.141 e. The molecule has 0 N–H and O–H groups in total. The zero-order chi connectivity index (χ0) is 16.4. The Bertz CT molecular complexity index is 818. The maximum Gasteiger partial charge on any atom is 0.141 e. The molecule has 1 fully saturated rings. The summed E-state index contributed by atoms with van der Waals surface area (Å²) in [7, 11) is 0. The van der Waals surface area contributed by atoms with Crippen LogP contribution in [0.5, 0.6) is 0 Å². The molecule has 1 aromatic carbocycles. The Hall–Kier alpha value is -2.17. The summed E-state index contributed by atoms with van der Waals surface area (Å²) in [5, 5.41) is 0.717. The third-order valence-corrected chi connectivity index (χ3v) is 4.88. The standard InChI is InChI=1S/C19H18ClN3O/c20-17-4-2-1-3-16(17)19-22-9-10-23(19)18-13-24-12-15(18)11-14-5-7-21-8-6-14/h1-10,15,18H,11-13H2/t15-,18-/m1/s1. The van der Waals surface area contributed by atoms with Crippen molar-refractivity contribution in [2.45, 2.75) is 12.5 Å². The molecule has 4 rings (SSSR count). The number of halogens is 1. The first-order valence-corrected chi connectivity index (χ1v) is 8.45. The average molecular weight is 340 g/mol. The molecule has 0 saturated carbocycles. The zero-order valence-corrected chi connectivity index (χ0v) is 13.9. The highest BCUT2D eigenvalue weighted by Gasteiger charge is 2.31. The molecule has 1 saturated heterocycles. The van der Waals surface area contributed by atoms with Gasteiger partial charge in [0.15, 0.2) is 0 Å². The van der Waals surface area contributed by atoms with Gasteiger partial charge in [0.1, 0.15) is 5.82 Å². The van der Waals surface area contributed by atoms with Crippen LogP contribution in [0.25, 0.3) is 11.4 Å². The molecule has 5 heteroatoms. The molecule has 1 aliphatic rings. The van der Waals surface area contributed by atoms with Crippen molar-refractivity contribution in [2.24, 2.45) is 5.92 Å². The molecule has 4 nitrogen and oxygen atoms in total. The van der Waals surface area contributed by atoms with Crippen LogP contribution in [0.1, 0.15) is 11.6 Å². The van der Waals surface area contributed by atoms with Gasteiger partial charge in [-0.25, -0.2) is 4.98 Å². The van der Waals surface area contributed by atoms with Gasteiger partial charge in [0.05, 0.1) is 24.3 Å². The van der Waals surface area contributed by atoms with Gasteiger partial charge < -0.3 is 9.30 Å². The molecule has 1 aliphatic heterocycles. The van der Waals surface area contributed by atoms with Gasteiger partial charge in [-0.15, -0.1) is 0 Å². The maximum atomic E-state index is 6.37. The van der Waals surface area contributed by atoms with Crippen molar-refractivity contribution < 1.29 is 4.74 Å². The molecule has 0 bridgehead atoms. The normalized spacial score (nSPS) is 20.4. The fourth-order valence-electron chi connectivity index (χ4n) is 3.34. The Labute approximate surface area is 146 Å². The predicted molar refractivity (Wildman–Crippen MR) is 94.0 cm³/mol. The van der Waals surface area contributed by atoms with Gasteiger partial charge in [-0.2, -0.15) is 0 Å². The molecule has 0 radical (unpaired) electrons. The van der Waals surface area contributed by atoms with E-state index >= 15 is 0 Å². The molecular weight excluding hydrogens is 322 g/mol. The second kappa shape index (κ2) is 6.75. The van der Waals surface area contributed by atoms with E-state index in [1.54, 1.807) is 0 Å². The van der Waals surface area contributed by atoms with Gasteiger partial charge in [0.2, 0.25) is 0 Å². The third kappa shape index (κ3) is 2.95. The van der Waals surface area contributed by atoms with Crippen LogP contribution in [0.15, 0.2) is 61.2 Å². The molecular formula is C19H18ClN3O. The summed E-state index contributed by atoms with van der Waals surface area (Å²) in [5.41, 5.74) is 2.24. The summed E-state index contributed by atoms with van der Waals surface area (Å²) in [5.74, 6) is 1.30. The van der Waals surface area contributed by atoms with E-state index in [0.717, 1.165) is 29.4 Å². The van der Waals surface area contributed by atoms with Gasteiger partial charge in [-0.05, 0) is 36.2 Å². The van der Waals surface area contributed by atoms with Crippen LogP contribution in [-0.2, 0) is 11.2 Å². The summed E-state index contributed by atoms with van der Waals surface area (Å²) in [6, 6.07) is 12.2. The number of hydrogen-bond donors (Lipinski definition) is 0. The van der Waals surface area contributed by atoms with Crippen LogP contribution < -0.4 is 0 Å². The Kier molecular flexibility index (Phi) is 4.32. The third-order valence-electron chi connectivity index (χ3n) is 4.55. The van der Waals surface area contributed by atoms with Gasteiger partial charge >= 0.3 is 0 Å². The van der Waals surface area contributed by atoms with Crippen molar-refractivity contribution in [2.75, 3.05) is 13.2 Å². The van der Waals surface area contributed by atoms with Crippen molar-refractivity contribution in [3.05, 3.63) is 71.8 Å². The largest absolute Gasteiger partial charge is 0.379 e. The summed E-state index contributed by atoms with van der Waals surface area (Å²) >= 11 is 6.37. The van der Waals surface area contributed by atoms with Crippen molar-refractivity contribution in [1.82, 2.24) is 14.5 Å². The van der Waals surface area contributed by atoms with Gasteiger partial charge in [0, 0.05) is 36.3 Å². The van der Waals surface area contributed by atoms with Crippen molar-refractivity contribution in [3.8, 4) is 11.4 Å². The molecule has 0 spiro atoms.